The molecule has 0 saturated heterocycles. The van der Waals surface area contributed by atoms with Gasteiger partial charge in [-0.25, -0.2) is 0 Å². The average molecular weight is 344 g/mol. The highest BCUT2D eigenvalue weighted by Crippen LogP contribution is 2.27. The molecule has 0 aromatic heterocycles. The number of aliphatic hydroxyl groups is 5. The number of aliphatic hydroxyl groups excluding tert-OH is 5. The highest BCUT2D eigenvalue weighted by atomic mass is 16.5. The van der Waals surface area contributed by atoms with Gasteiger partial charge in [0.2, 0.25) is 0 Å². The van der Waals surface area contributed by atoms with E-state index in [4.69, 9.17) is 15.6 Å². The molecule has 0 saturated carbocycles. The van der Waals surface area contributed by atoms with Crippen molar-refractivity contribution >= 4 is 17.3 Å². The van der Waals surface area contributed by atoms with E-state index in [0.717, 1.165) is 0 Å². The third-order valence-corrected chi connectivity index (χ3v) is 3.48. The van der Waals surface area contributed by atoms with Crippen LogP contribution in [0.4, 0.5) is 11.4 Å². The van der Waals surface area contributed by atoms with Crippen LogP contribution in [0.1, 0.15) is 6.92 Å². The minimum Gasteiger partial charge on any atom is -0.424 e. The minimum atomic E-state index is -1.69. The van der Waals surface area contributed by atoms with E-state index in [9.17, 15) is 25.2 Å². The molecule has 0 spiro atoms. The van der Waals surface area contributed by atoms with Crippen molar-refractivity contribution in [2.75, 3.05) is 30.8 Å². The molecule has 7 N–H and O–H groups in total. The lowest BCUT2D eigenvalue weighted by molar-refractivity contribution is -0.131. The number of ether oxygens (including phenoxy) is 1. The number of benzene rings is 1. The topological polar surface area (TPSA) is 157 Å². The van der Waals surface area contributed by atoms with E-state index in [0.29, 0.717) is 5.69 Å². The standard InChI is InChI=1S/C15H24N2O7/c1-8(19)24-13-5-9(3-4-10(13)16)17(2)6-11(20)14(22)15(23)12(21)7-18/h3-5,11-12,14-15,18,20-23H,6-7,16H2,1-2H3. The largest absolute Gasteiger partial charge is 0.424 e. The molecule has 0 aliphatic heterocycles. The van der Waals surface area contributed by atoms with Crippen LogP contribution in [-0.2, 0) is 4.79 Å². The molecule has 0 aliphatic rings. The van der Waals surface area contributed by atoms with Crippen molar-refractivity contribution in [3.8, 4) is 5.75 Å². The number of hydrogen-bond donors (Lipinski definition) is 6. The van der Waals surface area contributed by atoms with Gasteiger partial charge >= 0.3 is 5.97 Å². The van der Waals surface area contributed by atoms with E-state index >= 15 is 0 Å². The lowest BCUT2D eigenvalue weighted by atomic mass is 10.0. The summed E-state index contributed by atoms with van der Waals surface area (Å²) < 4.78 is 4.97. The van der Waals surface area contributed by atoms with Crippen LogP contribution in [0.25, 0.3) is 0 Å². The quantitative estimate of drug-likeness (QED) is 0.179. The van der Waals surface area contributed by atoms with E-state index in [2.05, 4.69) is 0 Å². The van der Waals surface area contributed by atoms with E-state index in [1.54, 1.807) is 18.0 Å². The van der Waals surface area contributed by atoms with Crippen molar-refractivity contribution in [3.05, 3.63) is 18.2 Å². The molecule has 1 aromatic carbocycles. The zero-order chi connectivity index (χ0) is 18.4. The number of likely N-dealkylation sites (N-methyl/N-ethyl adjacent to an activating group) is 1. The van der Waals surface area contributed by atoms with E-state index in [1.807, 2.05) is 0 Å². The van der Waals surface area contributed by atoms with Gasteiger partial charge in [0.25, 0.3) is 0 Å². The van der Waals surface area contributed by atoms with Gasteiger partial charge in [-0.15, -0.1) is 0 Å². The third kappa shape index (κ3) is 5.32. The first-order chi connectivity index (χ1) is 11.2. The van der Waals surface area contributed by atoms with Gasteiger partial charge in [0, 0.05) is 32.3 Å². The highest BCUT2D eigenvalue weighted by Gasteiger charge is 2.30. The summed E-state index contributed by atoms with van der Waals surface area (Å²) in [7, 11) is 1.61. The Bertz CT molecular complexity index is 555. The van der Waals surface area contributed by atoms with E-state index in [-0.39, 0.29) is 18.0 Å². The lowest BCUT2D eigenvalue weighted by Gasteiger charge is -2.29. The van der Waals surface area contributed by atoms with Gasteiger partial charge in [0.1, 0.15) is 18.3 Å². The summed E-state index contributed by atoms with van der Waals surface area (Å²) in [6, 6.07) is 4.65. The number of carbonyl (C=O) groups excluding carboxylic acids is 1. The van der Waals surface area contributed by atoms with Gasteiger partial charge in [-0.05, 0) is 12.1 Å². The Morgan fingerprint density at radius 1 is 1.21 bits per heavy atom. The fourth-order valence-electron chi connectivity index (χ4n) is 2.06. The van der Waals surface area contributed by atoms with Gasteiger partial charge in [0.15, 0.2) is 5.75 Å². The number of nitrogens with two attached hydrogens (primary N) is 1. The number of rotatable bonds is 8. The highest BCUT2D eigenvalue weighted by molar-refractivity contribution is 5.73. The minimum absolute atomic E-state index is 0.0974. The number of anilines is 2. The maximum absolute atomic E-state index is 11.0. The Morgan fingerprint density at radius 3 is 2.33 bits per heavy atom. The summed E-state index contributed by atoms with van der Waals surface area (Å²) in [5, 5.41) is 47.5. The molecular weight excluding hydrogens is 320 g/mol. The third-order valence-electron chi connectivity index (χ3n) is 3.48. The van der Waals surface area contributed by atoms with Crippen LogP contribution in [0.3, 0.4) is 0 Å². The van der Waals surface area contributed by atoms with Crippen molar-refractivity contribution in [3.63, 3.8) is 0 Å². The molecule has 9 heteroatoms. The average Bonchev–Trinajstić information content (AvgIpc) is 2.53. The molecule has 0 amide bonds. The van der Waals surface area contributed by atoms with Crippen LogP contribution < -0.4 is 15.4 Å². The van der Waals surface area contributed by atoms with Crippen LogP contribution in [0.15, 0.2) is 18.2 Å². The first kappa shape index (κ1) is 20.1. The maximum atomic E-state index is 11.0. The summed E-state index contributed by atoms with van der Waals surface area (Å²) >= 11 is 0. The molecule has 0 bridgehead atoms. The predicted octanol–water partition coefficient (Wildman–Crippen LogP) is -1.93. The number of carbonyl (C=O) groups is 1. The van der Waals surface area contributed by atoms with Crippen molar-refractivity contribution < 1.29 is 35.1 Å². The van der Waals surface area contributed by atoms with Gasteiger partial charge in [-0.1, -0.05) is 0 Å². The zero-order valence-electron chi connectivity index (χ0n) is 13.5. The van der Waals surface area contributed by atoms with Crippen LogP contribution in [0.2, 0.25) is 0 Å². The zero-order valence-corrected chi connectivity index (χ0v) is 13.5. The number of esters is 1. The normalized spacial score (nSPS) is 16.1. The Balaban J connectivity index is 2.80. The molecule has 1 rings (SSSR count). The monoisotopic (exact) mass is 344 g/mol. The molecule has 4 atom stereocenters. The van der Waals surface area contributed by atoms with Crippen LogP contribution in [0, 0.1) is 0 Å². The van der Waals surface area contributed by atoms with Gasteiger partial charge in [0.05, 0.1) is 18.4 Å². The summed E-state index contributed by atoms with van der Waals surface area (Å²) in [5.41, 5.74) is 6.52. The van der Waals surface area contributed by atoms with Crippen LogP contribution >= 0.6 is 0 Å². The van der Waals surface area contributed by atoms with Crippen molar-refractivity contribution in [2.45, 2.75) is 31.3 Å². The molecule has 136 valence electrons. The van der Waals surface area contributed by atoms with E-state index < -0.39 is 37.0 Å². The molecule has 1 aromatic rings. The van der Waals surface area contributed by atoms with Gasteiger partial charge in [-0.3, -0.25) is 4.79 Å². The van der Waals surface area contributed by atoms with Crippen molar-refractivity contribution in [2.24, 2.45) is 0 Å². The summed E-state index contributed by atoms with van der Waals surface area (Å²) in [6.07, 6.45) is -6.31. The van der Waals surface area contributed by atoms with Crippen LogP contribution in [0.5, 0.6) is 5.75 Å². The van der Waals surface area contributed by atoms with Crippen molar-refractivity contribution in [1.82, 2.24) is 0 Å². The molecule has 4 unspecified atom stereocenters. The molecule has 0 radical (unpaired) electrons. The summed E-state index contributed by atoms with van der Waals surface area (Å²) in [6.45, 7) is 0.397. The lowest BCUT2D eigenvalue weighted by Crippen LogP contribution is -2.49. The van der Waals surface area contributed by atoms with Gasteiger partial charge in [-0.2, -0.15) is 0 Å². The van der Waals surface area contributed by atoms with Crippen molar-refractivity contribution in [1.29, 1.82) is 0 Å². The molecule has 0 fully saturated rings. The Kier molecular flexibility index (Phi) is 7.39. The molecule has 9 nitrogen and oxygen atoms in total. The fourth-order valence-corrected chi connectivity index (χ4v) is 2.06. The van der Waals surface area contributed by atoms with E-state index in [1.165, 1.54) is 19.1 Å². The number of nitrogens with zero attached hydrogens (tertiary/aromatic N) is 1. The molecule has 0 heterocycles. The maximum Gasteiger partial charge on any atom is 0.308 e. The summed E-state index contributed by atoms with van der Waals surface area (Å²) in [5.74, 6) is -0.365. The first-order valence-electron chi connectivity index (χ1n) is 7.29. The Morgan fingerprint density at radius 2 is 1.79 bits per heavy atom. The smallest absolute Gasteiger partial charge is 0.308 e. The van der Waals surface area contributed by atoms with Crippen LogP contribution in [-0.4, -0.2) is 76.1 Å². The number of nitrogen functional groups attached to an aromatic ring is 1. The molecular formula is C15H24N2O7. The first-order valence-corrected chi connectivity index (χ1v) is 7.29. The fraction of sp³-hybridized carbons (Fsp3) is 0.533. The molecule has 24 heavy (non-hydrogen) atoms. The second kappa shape index (κ2) is 8.81. The Labute approximate surface area is 139 Å². The van der Waals surface area contributed by atoms with Gasteiger partial charge < -0.3 is 40.9 Å². The SMILES string of the molecule is CC(=O)Oc1cc(N(C)CC(O)C(O)C(O)C(O)CO)ccc1N. The Hall–Kier alpha value is -1.91. The predicted molar refractivity (Wildman–Crippen MR) is 86.5 cm³/mol. The summed E-state index contributed by atoms with van der Waals surface area (Å²) in [4.78, 5) is 12.6. The second-order valence-corrected chi connectivity index (χ2v) is 5.49. The molecule has 0 aliphatic carbocycles. The number of hydrogen-bond acceptors (Lipinski definition) is 9. The second-order valence-electron chi connectivity index (χ2n) is 5.49.